The molecule has 2 heterocycles. The maximum absolute atomic E-state index is 12.2. The van der Waals surface area contributed by atoms with Crippen LogP contribution in [0.25, 0.3) is 0 Å². The quantitative estimate of drug-likeness (QED) is 0.804. The largest absolute Gasteiger partial charge is 0.489 e. The van der Waals surface area contributed by atoms with E-state index in [0.717, 1.165) is 12.0 Å². The van der Waals surface area contributed by atoms with E-state index in [-0.39, 0.29) is 22.4 Å². The Bertz CT molecular complexity index is 783. The van der Waals surface area contributed by atoms with Crippen molar-refractivity contribution in [2.24, 2.45) is 0 Å². The molecule has 24 heavy (non-hydrogen) atoms. The number of hydrogen-bond donors (Lipinski definition) is 1. The maximum Gasteiger partial charge on any atom is 0.271 e. The molecule has 126 valence electrons. The zero-order valence-corrected chi connectivity index (χ0v) is 14.7. The van der Waals surface area contributed by atoms with E-state index in [0.29, 0.717) is 29.7 Å². The molecule has 0 saturated carbocycles. The fourth-order valence-electron chi connectivity index (χ4n) is 2.23. The van der Waals surface area contributed by atoms with Gasteiger partial charge in [0, 0.05) is 13.0 Å². The van der Waals surface area contributed by atoms with Crippen LogP contribution in [0.1, 0.15) is 22.5 Å². The summed E-state index contributed by atoms with van der Waals surface area (Å²) in [5, 5.41) is 3.60. The van der Waals surface area contributed by atoms with E-state index >= 15 is 0 Å². The van der Waals surface area contributed by atoms with Crippen molar-refractivity contribution < 1.29 is 14.3 Å². The first-order valence-corrected chi connectivity index (χ1v) is 8.36. The summed E-state index contributed by atoms with van der Waals surface area (Å²) in [6.07, 6.45) is 0.788. The smallest absolute Gasteiger partial charge is 0.271 e. The van der Waals surface area contributed by atoms with Crippen LogP contribution in [0, 0.1) is 0 Å². The van der Waals surface area contributed by atoms with Crippen LogP contribution in [0.2, 0.25) is 15.2 Å². The Hall–Kier alpha value is -1.69. The number of nitrogens with one attached hydrogen (secondary N) is 1. The molecule has 1 aromatic heterocycles. The van der Waals surface area contributed by atoms with Gasteiger partial charge in [-0.2, -0.15) is 0 Å². The summed E-state index contributed by atoms with van der Waals surface area (Å²) >= 11 is 18.0. The van der Waals surface area contributed by atoms with Crippen molar-refractivity contribution in [1.29, 1.82) is 0 Å². The van der Waals surface area contributed by atoms with Gasteiger partial charge in [0.05, 0.1) is 23.3 Å². The number of pyridine rings is 1. The van der Waals surface area contributed by atoms with Gasteiger partial charge in [0.2, 0.25) is 0 Å². The second-order valence-corrected chi connectivity index (χ2v) is 6.30. The first-order chi connectivity index (χ1) is 11.5. The molecular weight excluding hydrogens is 375 g/mol. The lowest BCUT2D eigenvalue weighted by molar-refractivity contribution is 0.0946. The Morgan fingerprint density at radius 3 is 2.75 bits per heavy atom. The molecule has 0 fully saturated rings. The molecule has 1 N–H and O–H groups in total. The zero-order chi connectivity index (χ0) is 17.1. The molecule has 1 aliphatic rings. The number of nitrogens with zero attached hydrogens (tertiary/aromatic N) is 1. The number of carbonyl (C=O) groups excluding carboxylic acids is 1. The molecule has 0 bridgehead atoms. The van der Waals surface area contributed by atoms with Crippen molar-refractivity contribution >= 4 is 40.7 Å². The molecule has 1 aromatic carbocycles. The van der Waals surface area contributed by atoms with Gasteiger partial charge < -0.3 is 14.8 Å². The van der Waals surface area contributed by atoms with Gasteiger partial charge in [-0.05, 0) is 29.8 Å². The average Bonchev–Trinajstić information content (AvgIpc) is 2.80. The van der Waals surface area contributed by atoms with Crippen molar-refractivity contribution in [1.82, 2.24) is 10.3 Å². The molecular formula is C16H13Cl3N2O3. The number of rotatable bonds is 3. The standard InChI is InChI=1S/C16H13Cl3N2O3/c17-10-2-3-13(19)21-14(10)16(22)20-8-9-6-11(18)15-12(7-9)23-4-1-5-24-15/h2-3,6-7H,1,4-5,8H2,(H,20,22). The molecule has 1 amide bonds. The van der Waals surface area contributed by atoms with Crippen molar-refractivity contribution in [2.75, 3.05) is 13.2 Å². The number of aromatic nitrogens is 1. The molecule has 1 aliphatic heterocycles. The van der Waals surface area contributed by atoms with E-state index in [1.807, 2.05) is 0 Å². The summed E-state index contributed by atoms with van der Waals surface area (Å²) < 4.78 is 11.2. The lowest BCUT2D eigenvalue weighted by Gasteiger charge is -2.12. The molecule has 2 aromatic rings. The van der Waals surface area contributed by atoms with Gasteiger partial charge in [-0.1, -0.05) is 34.8 Å². The third kappa shape index (κ3) is 3.86. The summed E-state index contributed by atoms with van der Waals surface area (Å²) in [4.78, 5) is 16.1. The number of halogens is 3. The molecule has 0 aliphatic carbocycles. The van der Waals surface area contributed by atoms with Crippen molar-refractivity contribution in [3.63, 3.8) is 0 Å². The number of benzene rings is 1. The van der Waals surface area contributed by atoms with E-state index in [1.165, 1.54) is 12.1 Å². The SMILES string of the molecule is O=C(NCc1cc(Cl)c2c(c1)OCCCO2)c1nc(Cl)ccc1Cl. The van der Waals surface area contributed by atoms with Gasteiger partial charge in [-0.25, -0.2) is 4.98 Å². The van der Waals surface area contributed by atoms with Gasteiger partial charge in [0.1, 0.15) is 10.8 Å². The Balaban J connectivity index is 1.75. The Kier molecular flexibility index (Phi) is 5.33. The highest BCUT2D eigenvalue weighted by molar-refractivity contribution is 6.34. The van der Waals surface area contributed by atoms with Crippen LogP contribution in [0.3, 0.4) is 0 Å². The van der Waals surface area contributed by atoms with Gasteiger partial charge in [0.15, 0.2) is 11.5 Å². The van der Waals surface area contributed by atoms with Crippen LogP contribution in [0.5, 0.6) is 11.5 Å². The lowest BCUT2D eigenvalue weighted by atomic mass is 10.2. The van der Waals surface area contributed by atoms with Crippen LogP contribution in [0.15, 0.2) is 24.3 Å². The summed E-state index contributed by atoms with van der Waals surface area (Å²) in [7, 11) is 0. The third-order valence-electron chi connectivity index (χ3n) is 3.34. The minimum absolute atomic E-state index is 0.0737. The fraction of sp³-hybridized carbons (Fsp3) is 0.250. The Morgan fingerprint density at radius 1 is 1.12 bits per heavy atom. The van der Waals surface area contributed by atoms with Crippen molar-refractivity contribution in [3.8, 4) is 11.5 Å². The van der Waals surface area contributed by atoms with E-state index < -0.39 is 5.91 Å². The van der Waals surface area contributed by atoms with Crippen LogP contribution >= 0.6 is 34.8 Å². The predicted molar refractivity (Wildman–Crippen MR) is 92.5 cm³/mol. The van der Waals surface area contributed by atoms with Gasteiger partial charge >= 0.3 is 0 Å². The average molecular weight is 388 g/mol. The predicted octanol–water partition coefficient (Wildman–Crippen LogP) is 4.13. The second-order valence-electron chi connectivity index (χ2n) is 5.10. The summed E-state index contributed by atoms with van der Waals surface area (Å²) in [5.41, 5.74) is 0.848. The number of ether oxygens (including phenoxy) is 2. The summed E-state index contributed by atoms with van der Waals surface area (Å²) in [6.45, 7) is 1.35. The van der Waals surface area contributed by atoms with Gasteiger partial charge in [0.25, 0.3) is 5.91 Å². The monoisotopic (exact) mass is 386 g/mol. The van der Waals surface area contributed by atoms with Crippen molar-refractivity contribution in [3.05, 3.63) is 50.7 Å². The highest BCUT2D eigenvalue weighted by atomic mass is 35.5. The van der Waals surface area contributed by atoms with Gasteiger partial charge in [-0.3, -0.25) is 4.79 Å². The summed E-state index contributed by atoms with van der Waals surface area (Å²) in [6, 6.07) is 6.56. The lowest BCUT2D eigenvalue weighted by Crippen LogP contribution is -2.24. The normalized spacial score (nSPS) is 13.3. The first-order valence-electron chi connectivity index (χ1n) is 7.23. The third-order valence-corrected chi connectivity index (χ3v) is 4.14. The van der Waals surface area contributed by atoms with Crippen molar-refractivity contribution in [2.45, 2.75) is 13.0 Å². The van der Waals surface area contributed by atoms with Crippen LogP contribution in [0.4, 0.5) is 0 Å². The van der Waals surface area contributed by atoms with E-state index in [1.54, 1.807) is 12.1 Å². The number of hydrogen-bond acceptors (Lipinski definition) is 4. The molecule has 0 unspecified atom stereocenters. The Labute approximate surface area is 153 Å². The molecule has 3 rings (SSSR count). The molecule has 0 spiro atoms. The fourth-order valence-corrected chi connectivity index (χ4v) is 2.86. The topological polar surface area (TPSA) is 60.5 Å². The van der Waals surface area contributed by atoms with Gasteiger partial charge in [-0.15, -0.1) is 0 Å². The molecule has 0 saturated heterocycles. The molecule has 5 nitrogen and oxygen atoms in total. The minimum atomic E-state index is -0.425. The molecule has 8 heteroatoms. The maximum atomic E-state index is 12.2. The second kappa shape index (κ2) is 7.47. The number of amides is 1. The number of carbonyl (C=O) groups is 1. The first kappa shape index (κ1) is 17.1. The highest BCUT2D eigenvalue weighted by Gasteiger charge is 2.17. The van der Waals surface area contributed by atoms with Crippen LogP contribution < -0.4 is 14.8 Å². The van der Waals surface area contributed by atoms with E-state index in [9.17, 15) is 4.79 Å². The molecule has 0 radical (unpaired) electrons. The number of fused-ring (bicyclic) bond motifs is 1. The zero-order valence-electron chi connectivity index (χ0n) is 12.4. The molecule has 0 atom stereocenters. The minimum Gasteiger partial charge on any atom is -0.489 e. The van der Waals surface area contributed by atoms with E-state index in [2.05, 4.69) is 10.3 Å². The highest BCUT2D eigenvalue weighted by Crippen LogP contribution is 2.38. The Morgan fingerprint density at radius 2 is 1.92 bits per heavy atom. The van der Waals surface area contributed by atoms with Crippen LogP contribution in [-0.4, -0.2) is 24.1 Å². The van der Waals surface area contributed by atoms with E-state index in [4.69, 9.17) is 44.3 Å². The summed E-state index contributed by atoms with van der Waals surface area (Å²) in [5.74, 6) is 0.678. The van der Waals surface area contributed by atoms with Crippen LogP contribution in [-0.2, 0) is 6.54 Å².